The minimum absolute atomic E-state index is 0.216. The van der Waals surface area contributed by atoms with Gasteiger partial charge in [0.1, 0.15) is 10.2 Å². The fourth-order valence-electron chi connectivity index (χ4n) is 2.41. The number of aryl methyl sites for hydroxylation is 1. The summed E-state index contributed by atoms with van der Waals surface area (Å²) in [4.78, 5) is 18.1. The van der Waals surface area contributed by atoms with Crippen molar-refractivity contribution in [2.45, 2.75) is 52.2 Å². The molecule has 1 aromatic rings. The number of aromatic nitrogens is 1. The van der Waals surface area contributed by atoms with Gasteiger partial charge < -0.3 is 15.0 Å². The van der Waals surface area contributed by atoms with Gasteiger partial charge in [-0.2, -0.15) is 0 Å². The first-order chi connectivity index (χ1) is 10.2. The van der Waals surface area contributed by atoms with Crippen LogP contribution in [0.2, 0.25) is 0 Å². The molecule has 1 aromatic heterocycles. The quantitative estimate of drug-likeness (QED) is 0.801. The van der Waals surface area contributed by atoms with Crippen molar-refractivity contribution < 1.29 is 9.53 Å². The van der Waals surface area contributed by atoms with Crippen LogP contribution in [0.1, 0.15) is 39.2 Å². The van der Waals surface area contributed by atoms with Gasteiger partial charge in [0.2, 0.25) is 0 Å². The number of hydrogen-bond acceptors (Lipinski definition) is 4. The number of amides is 1. The number of ether oxygens (including phenoxy) is 1. The van der Waals surface area contributed by atoms with Gasteiger partial charge in [-0.25, -0.2) is 9.78 Å². The Hall–Kier alpha value is -1.30. The molecule has 22 heavy (non-hydrogen) atoms. The van der Waals surface area contributed by atoms with E-state index in [4.69, 9.17) is 4.74 Å². The van der Waals surface area contributed by atoms with E-state index in [-0.39, 0.29) is 6.09 Å². The molecule has 1 aliphatic rings. The Kier molecular flexibility index (Phi) is 5.32. The third kappa shape index (κ3) is 4.87. The molecule has 2 heterocycles. The van der Waals surface area contributed by atoms with Crippen LogP contribution >= 0.6 is 15.9 Å². The van der Waals surface area contributed by atoms with E-state index in [9.17, 15) is 4.79 Å². The molecule has 0 radical (unpaired) electrons. The molecular formula is C16H24BrN3O2. The average Bonchev–Trinajstić information content (AvgIpc) is 2.42. The lowest BCUT2D eigenvalue weighted by Gasteiger charge is -2.34. The molecule has 0 aromatic carbocycles. The maximum Gasteiger partial charge on any atom is 0.410 e. The standard InChI is InChI=1S/C16H24BrN3O2/c1-11-9-13(10-18-14(11)17)19-12-5-7-20(8-6-12)15(21)22-16(2,3)4/h9-10,12,19H,5-8H2,1-4H3. The number of pyridine rings is 1. The zero-order valence-electron chi connectivity index (χ0n) is 13.6. The summed E-state index contributed by atoms with van der Waals surface area (Å²) in [6.45, 7) is 9.13. The van der Waals surface area contributed by atoms with Crippen molar-refractivity contribution in [1.29, 1.82) is 0 Å². The summed E-state index contributed by atoms with van der Waals surface area (Å²) in [6, 6.07) is 2.44. The Morgan fingerprint density at radius 3 is 2.59 bits per heavy atom. The van der Waals surface area contributed by atoms with Crippen LogP contribution in [-0.4, -0.2) is 40.7 Å². The van der Waals surface area contributed by atoms with Gasteiger partial charge in [-0.15, -0.1) is 0 Å². The molecule has 1 N–H and O–H groups in total. The van der Waals surface area contributed by atoms with Crippen LogP contribution < -0.4 is 5.32 Å². The molecule has 2 rings (SSSR count). The van der Waals surface area contributed by atoms with Gasteiger partial charge in [0.25, 0.3) is 0 Å². The summed E-state index contributed by atoms with van der Waals surface area (Å²) >= 11 is 3.41. The topological polar surface area (TPSA) is 54.5 Å². The molecular weight excluding hydrogens is 346 g/mol. The summed E-state index contributed by atoms with van der Waals surface area (Å²) in [6.07, 6.45) is 3.44. The highest BCUT2D eigenvalue weighted by Gasteiger charge is 2.26. The van der Waals surface area contributed by atoms with Crippen molar-refractivity contribution in [3.8, 4) is 0 Å². The van der Waals surface area contributed by atoms with Crippen LogP contribution in [-0.2, 0) is 4.74 Å². The van der Waals surface area contributed by atoms with Gasteiger partial charge in [0.05, 0.1) is 11.9 Å². The van der Waals surface area contributed by atoms with E-state index < -0.39 is 5.60 Å². The minimum atomic E-state index is -0.438. The van der Waals surface area contributed by atoms with E-state index in [2.05, 4.69) is 32.3 Å². The normalized spacial score (nSPS) is 16.5. The SMILES string of the molecule is Cc1cc(NC2CCN(C(=O)OC(C)(C)C)CC2)cnc1Br. The van der Waals surface area contributed by atoms with Crippen LogP contribution in [0, 0.1) is 6.92 Å². The monoisotopic (exact) mass is 369 g/mol. The molecule has 122 valence electrons. The highest BCUT2D eigenvalue weighted by Crippen LogP contribution is 2.21. The molecule has 0 spiro atoms. The van der Waals surface area contributed by atoms with Gasteiger partial charge in [0.15, 0.2) is 0 Å². The fourth-order valence-corrected chi connectivity index (χ4v) is 2.62. The van der Waals surface area contributed by atoms with Gasteiger partial charge in [-0.3, -0.25) is 0 Å². The summed E-state index contributed by atoms with van der Waals surface area (Å²) in [5, 5.41) is 3.49. The second kappa shape index (κ2) is 6.86. The van der Waals surface area contributed by atoms with Crippen LogP contribution in [0.5, 0.6) is 0 Å². The van der Waals surface area contributed by atoms with Crippen molar-refractivity contribution in [3.05, 3.63) is 22.4 Å². The first-order valence-corrected chi connectivity index (χ1v) is 8.40. The predicted molar refractivity (Wildman–Crippen MR) is 91.1 cm³/mol. The molecule has 0 unspecified atom stereocenters. The third-order valence-electron chi connectivity index (χ3n) is 3.53. The van der Waals surface area contributed by atoms with Crippen LogP contribution in [0.15, 0.2) is 16.9 Å². The number of nitrogens with one attached hydrogen (secondary N) is 1. The smallest absolute Gasteiger partial charge is 0.410 e. The molecule has 0 aliphatic carbocycles. The lowest BCUT2D eigenvalue weighted by molar-refractivity contribution is 0.0210. The van der Waals surface area contributed by atoms with Crippen LogP contribution in [0.25, 0.3) is 0 Å². The first kappa shape index (κ1) is 17.1. The Bertz CT molecular complexity index is 535. The fraction of sp³-hybridized carbons (Fsp3) is 0.625. The van der Waals surface area contributed by atoms with E-state index in [1.165, 1.54) is 0 Å². The van der Waals surface area contributed by atoms with E-state index in [0.29, 0.717) is 6.04 Å². The molecule has 1 saturated heterocycles. The van der Waals surface area contributed by atoms with Crippen molar-refractivity contribution in [2.75, 3.05) is 18.4 Å². The Balaban J connectivity index is 1.84. The Labute approximate surface area is 140 Å². The molecule has 0 bridgehead atoms. The first-order valence-electron chi connectivity index (χ1n) is 7.61. The maximum atomic E-state index is 12.0. The number of likely N-dealkylation sites (tertiary alicyclic amines) is 1. The summed E-state index contributed by atoms with van der Waals surface area (Å²) in [7, 11) is 0. The number of rotatable bonds is 2. The molecule has 0 saturated carbocycles. The Morgan fingerprint density at radius 1 is 1.41 bits per heavy atom. The summed E-state index contributed by atoms with van der Waals surface area (Å²) in [5.74, 6) is 0. The number of carbonyl (C=O) groups excluding carboxylic acids is 1. The molecule has 5 nitrogen and oxygen atoms in total. The van der Waals surface area contributed by atoms with E-state index in [1.54, 1.807) is 4.90 Å². The summed E-state index contributed by atoms with van der Waals surface area (Å²) < 4.78 is 6.28. The highest BCUT2D eigenvalue weighted by atomic mass is 79.9. The molecule has 1 fully saturated rings. The number of hydrogen-bond donors (Lipinski definition) is 1. The maximum absolute atomic E-state index is 12.0. The van der Waals surface area contributed by atoms with Crippen molar-refractivity contribution in [1.82, 2.24) is 9.88 Å². The van der Waals surface area contributed by atoms with Crippen molar-refractivity contribution >= 4 is 27.7 Å². The minimum Gasteiger partial charge on any atom is -0.444 e. The van der Waals surface area contributed by atoms with Gasteiger partial charge >= 0.3 is 6.09 Å². The molecule has 0 atom stereocenters. The lowest BCUT2D eigenvalue weighted by atomic mass is 10.1. The van der Waals surface area contributed by atoms with E-state index in [1.807, 2.05) is 33.9 Å². The second-order valence-electron chi connectivity index (χ2n) is 6.72. The number of carbonyl (C=O) groups is 1. The zero-order chi connectivity index (χ0) is 16.3. The summed E-state index contributed by atoms with van der Waals surface area (Å²) in [5.41, 5.74) is 1.69. The number of piperidine rings is 1. The molecule has 1 aliphatic heterocycles. The number of nitrogens with zero attached hydrogens (tertiary/aromatic N) is 2. The van der Waals surface area contributed by atoms with E-state index >= 15 is 0 Å². The van der Waals surface area contributed by atoms with Gasteiger partial charge in [0, 0.05) is 19.1 Å². The molecule has 6 heteroatoms. The lowest BCUT2D eigenvalue weighted by Crippen LogP contribution is -2.44. The van der Waals surface area contributed by atoms with Crippen molar-refractivity contribution in [3.63, 3.8) is 0 Å². The zero-order valence-corrected chi connectivity index (χ0v) is 15.2. The number of anilines is 1. The van der Waals surface area contributed by atoms with E-state index in [0.717, 1.165) is 41.8 Å². The molecule has 1 amide bonds. The largest absolute Gasteiger partial charge is 0.444 e. The van der Waals surface area contributed by atoms with Crippen LogP contribution in [0.3, 0.4) is 0 Å². The number of halogens is 1. The van der Waals surface area contributed by atoms with Gasteiger partial charge in [-0.1, -0.05) is 0 Å². The third-order valence-corrected chi connectivity index (χ3v) is 4.36. The Morgan fingerprint density at radius 2 is 2.05 bits per heavy atom. The van der Waals surface area contributed by atoms with Crippen molar-refractivity contribution in [2.24, 2.45) is 0 Å². The predicted octanol–water partition coefficient (Wildman–Crippen LogP) is 3.96. The average molecular weight is 370 g/mol. The van der Waals surface area contributed by atoms with Crippen LogP contribution in [0.4, 0.5) is 10.5 Å². The second-order valence-corrected chi connectivity index (χ2v) is 7.47. The van der Waals surface area contributed by atoms with Gasteiger partial charge in [-0.05, 0) is 68.1 Å². The highest BCUT2D eigenvalue weighted by molar-refractivity contribution is 9.10.